The van der Waals surface area contributed by atoms with Crippen LogP contribution in [0.25, 0.3) is 10.9 Å². The molecule has 1 aliphatic heterocycles. The molecule has 1 atom stereocenters. The first-order chi connectivity index (χ1) is 15.9. The molecule has 3 N–H and O–H groups in total. The van der Waals surface area contributed by atoms with Crippen LogP contribution < -0.4 is 10.6 Å². The van der Waals surface area contributed by atoms with E-state index in [1.165, 1.54) is 15.6 Å². The molecule has 2 aromatic heterocycles. The molecule has 0 aliphatic carbocycles. The van der Waals surface area contributed by atoms with Crippen LogP contribution in [0.1, 0.15) is 15.2 Å². The number of benzene rings is 1. The maximum absolute atomic E-state index is 13.0. The quantitative estimate of drug-likeness (QED) is 0.418. The number of fused-ring (bicyclic) bond motifs is 1. The van der Waals surface area contributed by atoms with Gasteiger partial charge >= 0.3 is 0 Å². The Morgan fingerprint density at radius 2 is 1.94 bits per heavy atom. The van der Waals surface area contributed by atoms with Crippen LogP contribution in [0.5, 0.6) is 0 Å². The number of ether oxygens (including phenoxy) is 1. The highest BCUT2D eigenvalue weighted by Crippen LogP contribution is 2.19. The summed E-state index contributed by atoms with van der Waals surface area (Å²) >= 11 is 1.29. The van der Waals surface area contributed by atoms with Gasteiger partial charge < -0.3 is 20.4 Å². The lowest BCUT2D eigenvalue weighted by Gasteiger charge is -2.26. The minimum atomic E-state index is -3.49. The molecule has 2 amide bonds. The van der Waals surface area contributed by atoms with E-state index in [2.05, 4.69) is 15.6 Å². The number of sulfonamides is 1. The molecule has 1 aliphatic rings. The van der Waals surface area contributed by atoms with Crippen LogP contribution in [0.2, 0.25) is 0 Å². The summed E-state index contributed by atoms with van der Waals surface area (Å²) in [5.74, 6) is -0.981. The summed E-state index contributed by atoms with van der Waals surface area (Å²) in [5.41, 5.74) is 1.83. The van der Waals surface area contributed by atoms with Gasteiger partial charge in [-0.1, -0.05) is 24.3 Å². The lowest BCUT2D eigenvalue weighted by Crippen LogP contribution is -2.49. The molecular formula is C22H26N4O5S2. The molecule has 0 saturated carbocycles. The van der Waals surface area contributed by atoms with E-state index in [0.29, 0.717) is 31.2 Å². The van der Waals surface area contributed by atoms with E-state index in [0.717, 1.165) is 16.5 Å². The van der Waals surface area contributed by atoms with Gasteiger partial charge in [0.1, 0.15) is 6.04 Å². The fourth-order valence-corrected chi connectivity index (χ4v) is 5.70. The number of nitrogens with zero attached hydrogens (tertiary/aromatic N) is 1. The number of rotatable bonds is 9. The lowest BCUT2D eigenvalue weighted by atomic mass is 10.0. The van der Waals surface area contributed by atoms with Crippen LogP contribution in [0.3, 0.4) is 0 Å². The van der Waals surface area contributed by atoms with Crippen molar-refractivity contribution < 1.29 is 22.7 Å². The second kappa shape index (κ2) is 10.5. The van der Waals surface area contributed by atoms with Gasteiger partial charge in [0, 0.05) is 43.2 Å². The minimum absolute atomic E-state index is 0.0439. The number of para-hydroxylation sites is 1. The zero-order valence-corrected chi connectivity index (χ0v) is 19.6. The number of thiophene rings is 1. The second-order valence-corrected chi connectivity index (χ2v) is 10.7. The topological polar surface area (TPSA) is 121 Å². The van der Waals surface area contributed by atoms with Crippen LogP contribution in [-0.4, -0.2) is 74.2 Å². The highest BCUT2D eigenvalue weighted by Gasteiger charge is 2.26. The Balaban J connectivity index is 1.43. The van der Waals surface area contributed by atoms with Gasteiger partial charge in [0.25, 0.3) is 5.91 Å². The maximum atomic E-state index is 13.0. The Bertz CT molecular complexity index is 1200. The molecule has 11 heteroatoms. The van der Waals surface area contributed by atoms with Crippen molar-refractivity contribution in [2.24, 2.45) is 0 Å². The van der Waals surface area contributed by atoms with Crippen LogP contribution in [0.4, 0.5) is 0 Å². The van der Waals surface area contributed by atoms with E-state index in [1.54, 1.807) is 17.5 Å². The van der Waals surface area contributed by atoms with Crippen molar-refractivity contribution in [3.8, 4) is 0 Å². The fourth-order valence-electron chi connectivity index (χ4n) is 3.75. The number of hydrogen-bond acceptors (Lipinski definition) is 6. The van der Waals surface area contributed by atoms with Crippen LogP contribution in [0, 0.1) is 0 Å². The van der Waals surface area contributed by atoms with Crippen molar-refractivity contribution in [3.05, 3.63) is 58.4 Å². The number of carbonyl (C=O) groups excluding carboxylic acids is 2. The van der Waals surface area contributed by atoms with Gasteiger partial charge in [0.05, 0.1) is 23.8 Å². The van der Waals surface area contributed by atoms with Gasteiger partial charge in [-0.2, -0.15) is 4.31 Å². The molecule has 0 radical (unpaired) electrons. The summed E-state index contributed by atoms with van der Waals surface area (Å²) in [4.78, 5) is 29.3. The first-order valence-electron chi connectivity index (χ1n) is 10.7. The molecular weight excluding hydrogens is 464 g/mol. The number of aromatic amines is 1. The molecule has 3 heterocycles. The third-order valence-corrected chi connectivity index (χ3v) is 8.23. The monoisotopic (exact) mass is 490 g/mol. The summed E-state index contributed by atoms with van der Waals surface area (Å²) in [5, 5.41) is 8.25. The molecule has 176 valence electrons. The molecule has 1 saturated heterocycles. The minimum Gasteiger partial charge on any atom is -0.379 e. The summed E-state index contributed by atoms with van der Waals surface area (Å²) in [6.45, 7) is 1.32. The largest absolute Gasteiger partial charge is 0.379 e. The highest BCUT2D eigenvalue weighted by atomic mass is 32.2. The zero-order valence-electron chi connectivity index (χ0n) is 18.0. The molecule has 1 fully saturated rings. The number of H-pyrrole nitrogens is 1. The molecule has 1 aromatic carbocycles. The van der Waals surface area contributed by atoms with Crippen LogP contribution in [-0.2, 0) is 26.0 Å². The first-order valence-corrected chi connectivity index (χ1v) is 13.2. The zero-order chi connectivity index (χ0) is 23.3. The molecule has 0 bridgehead atoms. The summed E-state index contributed by atoms with van der Waals surface area (Å²) < 4.78 is 31.6. The highest BCUT2D eigenvalue weighted by molar-refractivity contribution is 7.89. The van der Waals surface area contributed by atoms with Crippen molar-refractivity contribution in [1.82, 2.24) is 19.9 Å². The maximum Gasteiger partial charge on any atom is 0.262 e. The van der Waals surface area contributed by atoms with Crippen LogP contribution in [0.15, 0.2) is 48.0 Å². The molecule has 33 heavy (non-hydrogen) atoms. The number of hydrogen-bond donors (Lipinski definition) is 3. The predicted molar refractivity (Wildman–Crippen MR) is 127 cm³/mol. The Hall–Kier alpha value is -2.73. The Morgan fingerprint density at radius 3 is 2.70 bits per heavy atom. The van der Waals surface area contributed by atoms with Crippen LogP contribution >= 0.6 is 11.3 Å². The standard InChI is InChI=1S/C22H26N4O5S2/c27-21(23-7-13-33(29,30)26-8-10-31-11-9-26)19(25-22(28)20-6-3-12-32-20)14-16-15-24-18-5-2-1-4-17(16)18/h1-6,12,15,19,24H,7-11,13-14H2,(H,23,27)(H,25,28). The van der Waals surface area contributed by atoms with E-state index in [4.69, 9.17) is 4.74 Å². The third-order valence-electron chi connectivity index (χ3n) is 5.49. The van der Waals surface area contributed by atoms with Crippen molar-refractivity contribution in [3.63, 3.8) is 0 Å². The van der Waals surface area contributed by atoms with Gasteiger partial charge in [0.2, 0.25) is 15.9 Å². The molecule has 3 aromatic rings. The van der Waals surface area contributed by atoms with Gasteiger partial charge in [-0.3, -0.25) is 9.59 Å². The van der Waals surface area contributed by atoms with E-state index in [1.807, 2.05) is 30.5 Å². The van der Waals surface area contributed by atoms with E-state index >= 15 is 0 Å². The van der Waals surface area contributed by atoms with Crippen molar-refractivity contribution in [2.45, 2.75) is 12.5 Å². The summed E-state index contributed by atoms with van der Waals surface area (Å²) in [6, 6.07) is 10.3. The molecule has 0 spiro atoms. The SMILES string of the molecule is O=C(NC(Cc1c[nH]c2ccccc12)C(=O)NCCS(=O)(=O)N1CCOCC1)c1cccs1. The summed E-state index contributed by atoms with van der Waals surface area (Å²) in [6.07, 6.45) is 2.09. The molecule has 4 rings (SSSR count). The van der Waals surface area contributed by atoms with E-state index in [-0.39, 0.29) is 24.6 Å². The van der Waals surface area contributed by atoms with Crippen molar-refractivity contribution in [1.29, 1.82) is 0 Å². The number of nitrogens with one attached hydrogen (secondary N) is 3. The van der Waals surface area contributed by atoms with Crippen molar-refractivity contribution in [2.75, 3.05) is 38.6 Å². The average Bonchev–Trinajstić information content (AvgIpc) is 3.50. The number of morpholine rings is 1. The lowest BCUT2D eigenvalue weighted by molar-refractivity contribution is -0.122. The third kappa shape index (κ3) is 5.80. The Kier molecular flexibility index (Phi) is 7.43. The number of amides is 2. The van der Waals surface area contributed by atoms with Gasteiger partial charge in [0.15, 0.2) is 0 Å². The number of carbonyl (C=O) groups is 2. The normalized spacial score (nSPS) is 15.9. The smallest absolute Gasteiger partial charge is 0.262 e. The number of aromatic nitrogens is 1. The van der Waals surface area contributed by atoms with Gasteiger partial charge in [-0.15, -0.1) is 11.3 Å². The Labute approximate surface area is 196 Å². The van der Waals surface area contributed by atoms with E-state index < -0.39 is 22.0 Å². The molecule has 9 nitrogen and oxygen atoms in total. The predicted octanol–water partition coefficient (Wildman–Crippen LogP) is 1.35. The van der Waals surface area contributed by atoms with E-state index in [9.17, 15) is 18.0 Å². The van der Waals surface area contributed by atoms with Crippen molar-refractivity contribution >= 4 is 44.1 Å². The average molecular weight is 491 g/mol. The van der Waals surface area contributed by atoms with Gasteiger partial charge in [-0.25, -0.2) is 8.42 Å². The summed E-state index contributed by atoms with van der Waals surface area (Å²) in [7, 11) is -3.49. The second-order valence-electron chi connectivity index (χ2n) is 7.69. The van der Waals surface area contributed by atoms with Gasteiger partial charge in [-0.05, 0) is 23.1 Å². The fraction of sp³-hybridized carbons (Fsp3) is 0.364. The Morgan fingerprint density at radius 1 is 1.15 bits per heavy atom. The molecule has 1 unspecified atom stereocenters. The first kappa shape index (κ1) is 23.4.